The van der Waals surface area contributed by atoms with E-state index in [1.165, 1.54) is 0 Å². The number of piperidine rings is 1. The van der Waals surface area contributed by atoms with Crippen LogP contribution in [0, 0.1) is 0 Å². The highest BCUT2D eigenvalue weighted by molar-refractivity contribution is 6.00. The number of carbonyl (C=O) groups excluding carboxylic acids is 1. The number of amides is 1. The predicted molar refractivity (Wildman–Crippen MR) is 113 cm³/mol. The first-order valence-corrected chi connectivity index (χ1v) is 10.1. The maximum atomic E-state index is 13.2. The topological polar surface area (TPSA) is 77.7 Å². The molecule has 1 aliphatic rings. The van der Waals surface area contributed by atoms with E-state index in [0.717, 1.165) is 31.4 Å². The zero-order valence-corrected chi connectivity index (χ0v) is 17.4. The lowest BCUT2D eigenvalue weighted by atomic mass is 10.00. The summed E-state index contributed by atoms with van der Waals surface area (Å²) >= 11 is 0. The second-order valence-corrected chi connectivity index (χ2v) is 7.38. The van der Waals surface area contributed by atoms with Crippen molar-refractivity contribution in [1.82, 2.24) is 15.0 Å². The van der Waals surface area contributed by atoms with Crippen molar-refractivity contribution in [3.63, 3.8) is 0 Å². The molecule has 7 nitrogen and oxygen atoms in total. The third-order valence-corrected chi connectivity index (χ3v) is 5.52. The third kappa shape index (κ3) is 3.75. The van der Waals surface area contributed by atoms with E-state index in [0.29, 0.717) is 34.3 Å². The summed E-state index contributed by atoms with van der Waals surface area (Å²) in [6.45, 7) is 2.87. The van der Waals surface area contributed by atoms with Gasteiger partial charge in [0.25, 0.3) is 11.8 Å². The van der Waals surface area contributed by atoms with Crippen molar-refractivity contribution in [1.29, 1.82) is 0 Å². The number of rotatable bonds is 5. The second-order valence-electron chi connectivity index (χ2n) is 7.38. The number of benzene rings is 2. The first-order valence-electron chi connectivity index (χ1n) is 10.1. The Balaban J connectivity index is 1.67. The van der Waals surface area contributed by atoms with Crippen LogP contribution in [0.5, 0.6) is 11.5 Å². The SMILES string of the molecule is COc1ccc(-c2noc(-c3ccccc3C(=O)N3CCCC[C@@H]3C)n2)cc1OC. The Bertz CT molecular complexity index is 1050. The second kappa shape index (κ2) is 8.57. The van der Waals surface area contributed by atoms with Gasteiger partial charge in [-0.25, -0.2) is 0 Å². The molecule has 3 aromatic rings. The van der Waals surface area contributed by atoms with Crippen LogP contribution in [0.25, 0.3) is 22.8 Å². The fraction of sp³-hybridized carbons (Fsp3) is 0.348. The highest BCUT2D eigenvalue weighted by atomic mass is 16.5. The predicted octanol–water partition coefficient (Wildman–Crippen LogP) is 4.44. The Morgan fingerprint density at radius 3 is 2.67 bits per heavy atom. The summed E-state index contributed by atoms with van der Waals surface area (Å²) in [4.78, 5) is 19.7. The summed E-state index contributed by atoms with van der Waals surface area (Å²) in [6, 6.07) is 13.0. The summed E-state index contributed by atoms with van der Waals surface area (Å²) in [5.41, 5.74) is 1.95. The molecular weight excluding hydrogens is 382 g/mol. The van der Waals surface area contributed by atoms with Crippen LogP contribution in [0.2, 0.25) is 0 Å². The van der Waals surface area contributed by atoms with Gasteiger partial charge >= 0.3 is 0 Å². The Kier molecular flexibility index (Phi) is 5.70. The molecule has 1 atom stereocenters. The van der Waals surface area contributed by atoms with Crippen LogP contribution in [0.1, 0.15) is 36.5 Å². The van der Waals surface area contributed by atoms with Gasteiger partial charge in [-0.3, -0.25) is 4.79 Å². The van der Waals surface area contributed by atoms with Crippen molar-refractivity contribution < 1.29 is 18.8 Å². The molecule has 1 saturated heterocycles. The van der Waals surface area contributed by atoms with Crippen LogP contribution in [-0.2, 0) is 0 Å². The van der Waals surface area contributed by atoms with E-state index in [1.54, 1.807) is 26.4 Å². The molecule has 1 aromatic heterocycles. The Morgan fingerprint density at radius 1 is 1.10 bits per heavy atom. The van der Waals surface area contributed by atoms with Gasteiger partial charge < -0.3 is 18.9 Å². The molecule has 0 saturated carbocycles. The lowest BCUT2D eigenvalue weighted by Gasteiger charge is -2.33. The molecule has 1 amide bonds. The fourth-order valence-electron chi connectivity index (χ4n) is 3.84. The van der Waals surface area contributed by atoms with Crippen molar-refractivity contribution in [3.05, 3.63) is 48.0 Å². The molecule has 156 valence electrons. The van der Waals surface area contributed by atoms with Crippen molar-refractivity contribution in [2.45, 2.75) is 32.2 Å². The molecule has 0 radical (unpaired) electrons. The standard InChI is InChI=1S/C23H25N3O4/c1-15-8-6-7-13-26(15)23(27)18-10-5-4-9-17(18)22-24-21(25-30-22)16-11-12-19(28-2)20(14-16)29-3/h4-5,9-12,14-15H,6-8,13H2,1-3H3/t15-/m0/s1. The van der Waals surface area contributed by atoms with Crippen molar-refractivity contribution in [3.8, 4) is 34.3 Å². The molecule has 1 fully saturated rings. The van der Waals surface area contributed by atoms with E-state index in [2.05, 4.69) is 17.1 Å². The van der Waals surface area contributed by atoms with Gasteiger partial charge in [-0.15, -0.1) is 0 Å². The average molecular weight is 407 g/mol. The molecule has 4 rings (SSSR count). The summed E-state index contributed by atoms with van der Waals surface area (Å²) in [5.74, 6) is 1.93. The highest BCUT2D eigenvalue weighted by Crippen LogP contribution is 2.33. The van der Waals surface area contributed by atoms with Crippen LogP contribution >= 0.6 is 0 Å². The van der Waals surface area contributed by atoms with E-state index in [-0.39, 0.29) is 11.9 Å². The van der Waals surface area contributed by atoms with Crippen LogP contribution in [0.4, 0.5) is 0 Å². The molecule has 30 heavy (non-hydrogen) atoms. The lowest BCUT2D eigenvalue weighted by molar-refractivity contribution is 0.0636. The molecule has 2 aromatic carbocycles. The van der Waals surface area contributed by atoms with Gasteiger partial charge in [-0.2, -0.15) is 4.98 Å². The molecule has 0 unspecified atom stereocenters. The van der Waals surface area contributed by atoms with Crippen molar-refractivity contribution in [2.75, 3.05) is 20.8 Å². The van der Waals surface area contributed by atoms with Gasteiger partial charge in [0.15, 0.2) is 11.5 Å². The number of hydrogen-bond donors (Lipinski definition) is 0. The van der Waals surface area contributed by atoms with Crippen LogP contribution in [-0.4, -0.2) is 47.8 Å². The van der Waals surface area contributed by atoms with E-state index >= 15 is 0 Å². The number of hydrogen-bond acceptors (Lipinski definition) is 6. The third-order valence-electron chi connectivity index (χ3n) is 5.52. The van der Waals surface area contributed by atoms with Gasteiger partial charge in [0.2, 0.25) is 5.82 Å². The minimum atomic E-state index is 0.00340. The van der Waals surface area contributed by atoms with E-state index in [9.17, 15) is 4.79 Å². The summed E-state index contributed by atoms with van der Waals surface area (Å²) < 4.78 is 16.2. The smallest absolute Gasteiger partial charge is 0.259 e. The molecule has 1 aliphatic heterocycles. The summed E-state index contributed by atoms with van der Waals surface area (Å²) in [6.07, 6.45) is 3.21. The largest absolute Gasteiger partial charge is 0.493 e. The zero-order valence-electron chi connectivity index (χ0n) is 17.4. The van der Waals surface area contributed by atoms with E-state index < -0.39 is 0 Å². The number of nitrogens with zero attached hydrogens (tertiary/aromatic N) is 3. The van der Waals surface area contributed by atoms with Crippen LogP contribution in [0.15, 0.2) is 47.0 Å². The zero-order chi connectivity index (χ0) is 21.1. The monoisotopic (exact) mass is 407 g/mol. The quantitative estimate of drug-likeness (QED) is 0.622. The van der Waals surface area contributed by atoms with E-state index in [4.69, 9.17) is 14.0 Å². The molecule has 0 spiro atoms. The molecule has 0 aliphatic carbocycles. The van der Waals surface area contributed by atoms with Crippen LogP contribution < -0.4 is 9.47 Å². The number of aromatic nitrogens is 2. The molecule has 2 heterocycles. The maximum absolute atomic E-state index is 13.2. The first kappa shape index (κ1) is 19.9. The average Bonchev–Trinajstić information content (AvgIpc) is 3.28. The molecule has 0 bridgehead atoms. The first-order chi connectivity index (χ1) is 14.6. The van der Waals surface area contributed by atoms with Crippen LogP contribution in [0.3, 0.4) is 0 Å². The van der Waals surface area contributed by atoms with Gasteiger partial charge in [0, 0.05) is 18.2 Å². The van der Waals surface area contributed by atoms with Gasteiger partial charge in [-0.05, 0) is 56.5 Å². The molecule has 7 heteroatoms. The Morgan fingerprint density at radius 2 is 1.90 bits per heavy atom. The normalized spacial score (nSPS) is 16.4. The minimum absolute atomic E-state index is 0.00340. The van der Waals surface area contributed by atoms with Gasteiger partial charge in [0.05, 0.1) is 25.3 Å². The van der Waals surface area contributed by atoms with Crippen molar-refractivity contribution in [2.24, 2.45) is 0 Å². The van der Waals surface area contributed by atoms with E-state index in [1.807, 2.05) is 35.2 Å². The Hall–Kier alpha value is -3.35. The van der Waals surface area contributed by atoms with Gasteiger partial charge in [0.1, 0.15) is 0 Å². The maximum Gasteiger partial charge on any atom is 0.259 e. The highest BCUT2D eigenvalue weighted by Gasteiger charge is 2.27. The molecule has 0 N–H and O–H groups in total. The molecular formula is C23H25N3O4. The number of methoxy groups -OCH3 is 2. The van der Waals surface area contributed by atoms with Gasteiger partial charge in [-0.1, -0.05) is 17.3 Å². The van der Waals surface area contributed by atoms with Crippen molar-refractivity contribution >= 4 is 5.91 Å². The number of likely N-dealkylation sites (tertiary alicyclic amines) is 1. The number of carbonyl (C=O) groups is 1. The summed E-state index contributed by atoms with van der Waals surface area (Å²) in [7, 11) is 3.16. The minimum Gasteiger partial charge on any atom is -0.493 e. The summed E-state index contributed by atoms with van der Waals surface area (Å²) in [5, 5.41) is 4.11. The Labute approximate surface area is 175 Å². The number of ether oxygens (including phenoxy) is 2. The fourth-order valence-corrected chi connectivity index (χ4v) is 3.84. The lowest BCUT2D eigenvalue weighted by Crippen LogP contribution is -2.42.